The lowest BCUT2D eigenvalue weighted by molar-refractivity contribution is -0.197. The Kier molecular flexibility index (Phi) is 6.36. The number of halogens is 3. The quantitative estimate of drug-likeness (QED) is 0.580. The number of fused-ring (bicyclic) bond motifs is 3. The van der Waals surface area contributed by atoms with Crippen molar-refractivity contribution in [3.8, 4) is 0 Å². The Bertz CT molecular complexity index is 957. The molecule has 1 saturated carbocycles. The van der Waals surface area contributed by atoms with Gasteiger partial charge >= 0.3 is 6.18 Å². The predicted octanol–water partition coefficient (Wildman–Crippen LogP) is 5.74. The molecule has 7 heteroatoms. The predicted molar refractivity (Wildman–Crippen MR) is 121 cm³/mol. The van der Waals surface area contributed by atoms with Gasteiger partial charge in [0, 0.05) is 30.6 Å². The van der Waals surface area contributed by atoms with Crippen molar-refractivity contribution >= 4 is 17.5 Å². The number of amides is 2. The van der Waals surface area contributed by atoms with Crippen molar-refractivity contribution < 1.29 is 22.8 Å². The first-order valence-electron chi connectivity index (χ1n) is 12.0. The first-order valence-corrected chi connectivity index (χ1v) is 12.0. The van der Waals surface area contributed by atoms with E-state index in [1.165, 1.54) is 0 Å². The summed E-state index contributed by atoms with van der Waals surface area (Å²) in [5.74, 6) is -3.80. The van der Waals surface area contributed by atoms with Gasteiger partial charge in [0.2, 0.25) is 11.8 Å². The van der Waals surface area contributed by atoms with Gasteiger partial charge in [-0.15, -0.1) is 0 Å². The van der Waals surface area contributed by atoms with Crippen LogP contribution in [0, 0.1) is 23.2 Å². The lowest BCUT2D eigenvalue weighted by Gasteiger charge is -2.56. The molecule has 1 heterocycles. The van der Waals surface area contributed by atoms with Crippen LogP contribution in [0.2, 0.25) is 0 Å². The molecule has 33 heavy (non-hydrogen) atoms. The Morgan fingerprint density at radius 1 is 1.27 bits per heavy atom. The molecular weight excluding hydrogens is 429 g/mol. The molecule has 2 fully saturated rings. The SMILES string of the molecule is CCCc1cccc(NC(=O)C2C(C(F)(F)F)CC=C3[C@H]2CC[C@H]2N(C)C(=O)CC[C@]32C)c1. The molecule has 4 nitrogen and oxygen atoms in total. The van der Waals surface area contributed by atoms with E-state index < -0.39 is 29.8 Å². The standard InChI is InChI=1S/C26H33F3N2O2/c1-4-6-16-7-5-8-17(15-16)30-24(33)23-18-9-12-21-25(2,14-13-22(32)31(21)3)19(18)10-11-20(23)26(27,28)29/h5,7-8,10,15,18,20-21,23H,4,6,9,11-14H2,1-3H3,(H,30,33)/t18-,20?,21-,23?,25-/m1/s1. The molecule has 0 aromatic heterocycles. The van der Waals surface area contributed by atoms with Crippen molar-refractivity contribution in [3.05, 3.63) is 41.5 Å². The summed E-state index contributed by atoms with van der Waals surface area (Å²) in [7, 11) is 1.79. The van der Waals surface area contributed by atoms with Crippen LogP contribution in [0.4, 0.5) is 18.9 Å². The molecule has 1 aliphatic heterocycles. The smallest absolute Gasteiger partial charge is 0.342 e. The van der Waals surface area contributed by atoms with E-state index in [0.717, 1.165) is 24.0 Å². The zero-order chi connectivity index (χ0) is 24.0. The van der Waals surface area contributed by atoms with E-state index >= 15 is 0 Å². The van der Waals surface area contributed by atoms with Crippen molar-refractivity contribution in [2.24, 2.45) is 23.2 Å². The van der Waals surface area contributed by atoms with Crippen molar-refractivity contribution in [2.45, 2.75) is 71.0 Å². The number of allylic oxidation sites excluding steroid dienone is 1. The number of hydrogen-bond donors (Lipinski definition) is 1. The lowest BCUT2D eigenvalue weighted by atomic mass is 9.54. The van der Waals surface area contributed by atoms with Gasteiger partial charge in [0.05, 0.1) is 11.8 Å². The second kappa shape index (κ2) is 8.80. The van der Waals surface area contributed by atoms with Crippen molar-refractivity contribution in [3.63, 3.8) is 0 Å². The number of carbonyl (C=O) groups excluding carboxylic acids is 2. The van der Waals surface area contributed by atoms with Crippen LogP contribution in [0.5, 0.6) is 0 Å². The average molecular weight is 463 g/mol. The highest BCUT2D eigenvalue weighted by atomic mass is 19.4. The van der Waals surface area contributed by atoms with Gasteiger partial charge < -0.3 is 10.2 Å². The fraction of sp³-hybridized carbons (Fsp3) is 0.615. The molecule has 4 rings (SSSR count). The van der Waals surface area contributed by atoms with Gasteiger partial charge in [-0.1, -0.05) is 44.1 Å². The molecular formula is C26H33F3N2O2. The summed E-state index contributed by atoms with van der Waals surface area (Å²) < 4.78 is 42.3. The van der Waals surface area contributed by atoms with Gasteiger partial charge in [-0.05, 0) is 55.7 Å². The van der Waals surface area contributed by atoms with Crippen LogP contribution in [0.1, 0.15) is 57.9 Å². The van der Waals surface area contributed by atoms with Gasteiger partial charge in [0.1, 0.15) is 0 Å². The number of likely N-dealkylation sites (tertiary alicyclic amines) is 1. The first-order chi connectivity index (χ1) is 15.6. The Labute approximate surface area is 193 Å². The lowest BCUT2D eigenvalue weighted by Crippen LogP contribution is -2.58. The number of rotatable bonds is 4. The number of aryl methyl sites for hydroxylation is 1. The normalized spacial score (nSPS) is 32.0. The zero-order valence-electron chi connectivity index (χ0n) is 19.5. The number of nitrogens with zero attached hydrogens (tertiary/aromatic N) is 1. The Morgan fingerprint density at radius 3 is 2.73 bits per heavy atom. The van der Waals surface area contributed by atoms with E-state index in [0.29, 0.717) is 31.4 Å². The third-order valence-electron chi connectivity index (χ3n) is 8.18. The van der Waals surface area contributed by atoms with Crippen LogP contribution >= 0.6 is 0 Å². The van der Waals surface area contributed by atoms with Crippen LogP contribution in [0.25, 0.3) is 0 Å². The van der Waals surface area contributed by atoms with Crippen molar-refractivity contribution in [1.82, 2.24) is 4.90 Å². The van der Waals surface area contributed by atoms with E-state index in [1.807, 2.05) is 18.2 Å². The summed E-state index contributed by atoms with van der Waals surface area (Å²) in [4.78, 5) is 27.5. The van der Waals surface area contributed by atoms with Crippen LogP contribution in [-0.2, 0) is 16.0 Å². The minimum absolute atomic E-state index is 0.0295. The Morgan fingerprint density at radius 2 is 2.03 bits per heavy atom. The molecule has 1 aromatic rings. The number of piperidine rings is 1. The van der Waals surface area contributed by atoms with Crippen molar-refractivity contribution in [1.29, 1.82) is 0 Å². The minimum Gasteiger partial charge on any atom is -0.342 e. The monoisotopic (exact) mass is 462 g/mol. The molecule has 2 amide bonds. The van der Waals surface area contributed by atoms with E-state index in [2.05, 4.69) is 19.2 Å². The zero-order valence-corrected chi connectivity index (χ0v) is 19.5. The molecule has 0 bridgehead atoms. The van der Waals surface area contributed by atoms with Gasteiger partial charge in [-0.2, -0.15) is 13.2 Å². The fourth-order valence-electron chi connectivity index (χ4n) is 6.54. The van der Waals surface area contributed by atoms with E-state index in [4.69, 9.17) is 0 Å². The summed E-state index contributed by atoms with van der Waals surface area (Å²) in [6.45, 7) is 4.12. The molecule has 3 aliphatic rings. The number of hydrogen-bond acceptors (Lipinski definition) is 2. The van der Waals surface area contributed by atoms with Crippen LogP contribution in [0.3, 0.4) is 0 Å². The molecule has 1 saturated heterocycles. The maximum atomic E-state index is 14.1. The second-order valence-electron chi connectivity index (χ2n) is 10.1. The molecule has 0 radical (unpaired) electrons. The largest absolute Gasteiger partial charge is 0.392 e. The molecule has 2 aliphatic carbocycles. The molecule has 1 aromatic carbocycles. The molecule has 5 atom stereocenters. The maximum absolute atomic E-state index is 14.1. The molecule has 2 unspecified atom stereocenters. The highest BCUT2D eigenvalue weighted by Gasteiger charge is 2.58. The molecule has 0 spiro atoms. The number of benzene rings is 1. The average Bonchev–Trinajstić information content (AvgIpc) is 2.75. The van der Waals surface area contributed by atoms with Crippen molar-refractivity contribution in [2.75, 3.05) is 12.4 Å². The van der Waals surface area contributed by atoms with Crippen LogP contribution < -0.4 is 5.32 Å². The molecule has 1 N–H and O–H groups in total. The van der Waals surface area contributed by atoms with Gasteiger partial charge in [0.25, 0.3) is 0 Å². The molecule has 180 valence electrons. The number of anilines is 1. The summed E-state index contributed by atoms with van der Waals surface area (Å²) in [6.07, 6.45) is 0.984. The van der Waals surface area contributed by atoms with E-state index in [9.17, 15) is 22.8 Å². The summed E-state index contributed by atoms with van der Waals surface area (Å²) in [6, 6.07) is 7.35. The van der Waals surface area contributed by atoms with Gasteiger partial charge in [-0.3, -0.25) is 9.59 Å². The van der Waals surface area contributed by atoms with Crippen LogP contribution in [-0.4, -0.2) is 36.0 Å². The second-order valence-corrected chi connectivity index (χ2v) is 10.1. The summed E-state index contributed by atoms with van der Waals surface area (Å²) in [5, 5.41) is 2.82. The van der Waals surface area contributed by atoms with Crippen LogP contribution in [0.15, 0.2) is 35.9 Å². The minimum atomic E-state index is -4.45. The fourth-order valence-corrected chi connectivity index (χ4v) is 6.54. The number of carbonyl (C=O) groups is 2. The Balaban J connectivity index is 1.66. The van der Waals surface area contributed by atoms with E-state index in [-0.39, 0.29) is 23.8 Å². The third-order valence-corrected chi connectivity index (χ3v) is 8.18. The summed E-state index contributed by atoms with van der Waals surface area (Å²) >= 11 is 0. The first kappa shape index (κ1) is 23.8. The van der Waals surface area contributed by atoms with E-state index in [1.54, 1.807) is 24.1 Å². The number of nitrogens with one attached hydrogen (secondary N) is 1. The van der Waals surface area contributed by atoms with Gasteiger partial charge in [0.15, 0.2) is 0 Å². The Hall–Kier alpha value is -2.31. The highest BCUT2D eigenvalue weighted by molar-refractivity contribution is 5.93. The van der Waals surface area contributed by atoms with Gasteiger partial charge in [-0.25, -0.2) is 0 Å². The number of alkyl halides is 3. The third kappa shape index (κ3) is 4.31. The maximum Gasteiger partial charge on any atom is 0.392 e. The summed E-state index contributed by atoms with van der Waals surface area (Å²) in [5.41, 5.74) is 2.15. The topological polar surface area (TPSA) is 49.4 Å². The highest BCUT2D eigenvalue weighted by Crippen LogP contribution is 2.57.